The summed E-state index contributed by atoms with van der Waals surface area (Å²) in [6.07, 6.45) is 1.61. The summed E-state index contributed by atoms with van der Waals surface area (Å²) >= 11 is 0. The van der Waals surface area contributed by atoms with Crippen LogP contribution >= 0.6 is 0 Å². The van der Waals surface area contributed by atoms with Crippen LogP contribution in [0.4, 0.5) is 17.1 Å². The number of pyridine rings is 1. The second kappa shape index (κ2) is 11.9. The van der Waals surface area contributed by atoms with Crippen molar-refractivity contribution in [2.24, 2.45) is 11.8 Å². The highest BCUT2D eigenvalue weighted by Gasteiger charge is 2.49. The summed E-state index contributed by atoms with van der Waals surface area (Å²) in [6, 6.07) is 14.1. The molecule has 2 amide bonds. The molecule has 44 heavy (non-hydrogen) atoms. The minimum atomic E-state index is -0.443. The lowest BCUT2D eigenvalue weighted by atomic mass is 9.69. The van der Waals surface area contributed by atoms with Gasteiger partial charge in [0.2, 0.25) is 11.8 Å². The number of fused-ring (bicyclic) bond motifs is 8. The topological polar surface area (TPSA) is 148 Å². The molecule has 0 saturated carbocycles. The van der Waals surface area contributed by atoms with Crippen LogP contribution in [0.25, 0.3) is 0 Å². The van der Waals surface area contributed by atoms with Crippen LogP contribution in [0.5, 0.6) is 11.5 Å². The molecule has 0 aliphatic carbocycles. The number of nitrogens with zero attached hydrogens (tertiary/aromatic N) is 3. The zero-order chi connectivity index (χ0) is 31.1. The van der Waals surface area contributed by atoms with Crippen molar-refractivity contribution in [2.45, 2.75) is 44.7 Å². The summed E-state index contributed by atoms with van der Waals surface area (Å²) < 4.78 is 12.5. The molecule has 4 atom stereocenters. The molecule has 2 aromatic carbocycles. The standard InChI is InChI=1S/C32H36N5O7/c1-18(38)34-22-7-8-25-21(12-22)13-24(31-23-11-19(17-36(25)31)16-35-26(23)5-4-6-30(35)39)32(40)33-10-9-20-14-28(43-2)29(44-3)15-27(20)37(41)42/h4-8,12,14-15,19,23-24,31,41H,9-11,13,16-17H2,1-3H3,(H,33,40)(H,34,38)/q-1. The molecular weight excluding hydrogens is 566 g/mol. The van der Waals surface area contributed by atoms with Gasteiger partial charge in [-0.05, 0) is 66.6 Å². The Morgan fingerprint density at radius 3 is 2.59 bits per heavy atom. The highest BCUT2D eigenvalue weighted by atomic mass is 16.8. The zero-order valence-electron chi connectivity index (χ0n) is 24.9. The number of nitrogens with one attached hydrogen (secondary N) is 2. The monoisotopic (exact) mass is 602 g/mol. The van der Waals surface area contributed by atoms with E-state index >= 15 is 0 Å². The summed E-state index contributed by atoms with van der Waals surface area (Å²) in [7, 11) is 2.92. The molecule has 3 aliphatic heterocycles. The predicted octanol–water partition coefficient (Wildman–Crippen LogP) is 3.04. The van der Waals surface area contributed by atoms with Crippen molar-refractivity contribution in [3.05, 3.63) is 80.9 Å². The number of anilines is 3. The Morgan fingerprint density at radius 2 is 1.86 bits per heavy atom. The number of aromatic nitrogens is 1. The first kappa shape index (κ1) is 29.5. The number of piperidine rings is 1. The molecule has 0 spiro atoms. The molecule has 232 valence electrons. The van der Waals surface area contributed by atoms with Gasteiger partial charge in [0.25, 0.3) is 5.56 Å². The molecule has 12 heteroatoms. The Labute approximate surface area is 254 Å². The smallest absolute Gasteiger partial charge is 0.250 e. The summed E-state index contributed by atoms with van der Waals surface area (Å²) in [5, 5.41) is 27.3. The molecule has 6 rings (SSSR count). The average Bonchev–Trinajstić information content (AvgIpc) is 3.00. The normalized spacial score (nSPS) is 21.3. The number of carbonyl (C=O) groups is 2. The largest absolute Gasteiger partial charge is 0.733 e. The van der Waals surface area contributed by atoms with E-state index in [1.165, 1.54) is 27.2 Å². The van der Waals surface area contributed by atoms with E-state index in [2.05, 4.69) is 15.5 Å². The highest BCUT2D eigenvalue weighted by molar-refractivity contribution is 5.89. The van der Waals surface area contributed by atoms with Crippen LogP contribution in [0, 0.1) is 17.0 Å². The third-order valence-corrected chi connectivity index (χ3v) is 9.10. The summed E-state index contributed by atoms with van der Waals surface area (Å²) in [4.78, 5) is 41.0. The van der Waals surface area contributed by atoms with Crippen LogP contribution in [0.1, 0.15) is 36.1 Å². The fourth-order valence-electron chi connectivity index (χ4n) is 7.34. The van der Waals surface area contributed by atoms with Crippen LogP contribution in [-0.2, 0) is 29.0 Å². The Hall–Kier alpha value is -4.55. The fourth-order valence-corrected chi connectivity index (χ4v) is 7.34. The van der Waals surface area contributed by atoms with E-state index in [0.29, 0.717) is 42.3 Å². The first-order valence-corrected chi connectivity index (χ1v) is 14.7. The predicted molar refractivity (Wildman–Crippen MR) is 165 cm³/mol. The lowest BCUT2D eigenvalue weighted by Gasteiger charge is -2.54. The third kappa shape index (κ3) is 5.35. The van der Waals surface area contributed by atoms with Gasteiger partial charge in [0.15, 0.2) is 11.5 Å². The van der Waals surface area contributed by atoms with Crippen molar-refractivity contribution in [2.75, 3.05) is 42.8 Å². The van der Waals surface area contributed by atoms with E-state index in [1.807, 2.05) is 28.8 Å². The van der Waals surface area contributed by atoms with Gasteiger partial charge in [-0.3, -0.25) is 19.6 Å². The summed E-state index contributed by atoms with van der Waals surface area (Å²) in [5.74, 6) is 0.179. The molecule has 2 bridgehead atoms. The number of ether oxygens (including phenoxy) is 2. The lowest BCUT2D eigenvalue weighted by Crippen LogP contribution is -2.60. The minimum Gasteiger partial charge on any atom is -0.733 e. The van der Waals surface area contributed by atoms with Crippen molar-refractivity contribution in [3.63, 3.8) is 0 Å². The Kier molecular flexibility index (Phi) is 7.95. The van der Waals surface area contributed by atoms with Gasteiger partial charge in [0, 0.05) is 67.7 Å². The summed E-state index contributed by atoms with van der Waals surface area (Å²) in [5.41, 5.74) is 4.11. The number of benzene rings is 2. The van der Waals surface area contributed by atoms with Crippen molar-refractivity contribution in [1.29, 1.82) is 0 Å². The molecule has 3 N–H and O–H groups in total. The number of rotatable bonds is 8. The van der Waals surface area contributed by atoms with Gasteiger partial charge >= 0.3 is 0 Å². The maximum Gasteiger partial charge on any atom is 0.250 e. The van der Waals surface area contributed by atoms with Crippen LogP contribution < -0.4 is 35.8 Å². The average molecular weight is 603 g/mol. The maximum atomic E-state index is 14.1. The zero-order valence-corrected chi connectivity index (χ0v) is 24.9. The Morgan fingerprint density at radius 1 is 1.09 bits per heavy atom. The van der Waals surface area contributed by atoms with Crippen LogP contribution in [0.3, 0.4) is 0 Å². The highest BCUT2D eigenvalue weighted by Crippen LogP contribution is 2.48. The number of methoxy groups -OCH3 is 2. The first-order valence-electron chi connectivity index (χ1n) is 14.7. The van der Waals surface area contributed by atoms with Crippen molar-refractivity contribution in [1.82, 2.24) is 9.88 Å². The van der Waals surface area contributed by atoms with Gasteiger partial charge in [-0.2, -0.15) is 0 Å². The number of carbonyl (C=O) groups excluding carboxylic acids is 2. The fraction of sp³-hybridized carbons (Fsp3) is 0.406. The van der Waals surface area contributed by atoms with Gasteiger partial charge in [-0.25, -0.2) is 0 Å². The molecule has 4 heterocycles. The number of amides is 2. The third-order valence-electron chi connectivity index (χ3n) is 9.10. The van der Waals surface area contributed by atoms with Crippen LogP contribution in [0.2, 0.25) is 0 Å². The summed E-state index contributed by atoms with van der Waals surface area (Å²) in [6.45, 7) is 3.02. The van der Waals surface area contributed by atoms with E-state index in [-0.39, 0.29) is 59.1 Å². The molecule has 12 nitrogen and oxygen atoms in total. The van der Waals surface area contributed by atoms with Gasteiger partial charge in [-0.1, -0.05) is 6.07 Å². The molecular formula is C32H36N5O7-. The van der Waals surface area contributed by atoms with Crippen molar-refractivity contribution >= 4 is 28.9 Å². The van der Waals surface area contributed by atoms with E-state index in [0.717, 1.165) is 23.4 Å². The van der Waals surface area contributed by atoms with Gasteiger partial charge in [0.05, 0.1) is 25.8 Å². The molecule has 4 unspecified atom stereocenters. The molecule has 0 radical (unpaired) electrons. The van der Waals surface area contributed by atoms with E-state index < -0.39 is 5.92 Å². The number of hydrogen-bond acceptors (Lipinski definition) is 9. The molecule has 1 fully saturated rings. The van der Waals surface area contributed by atoms with Crippen LogP contribution in [-0.4, -0.2) is 54.9 Å². The maximum absolute atomic E-state index is 14.1. The molecule has 3 aromatic rings. The van der Waals surface area contributed by atoms with Gasteiger partial charge in [-0.15, -0.1) is 0 Å². The van der Waals surface area contributed by atoms with E-state index in [4.69, 9.17) is 9.47 Å². The Balaban J connectivity index is 1.31. The van der Waals surface area contributed by atoms with E-state index in [1.54, 1.807) is 18.2 Å². The Bertz CT molecular complexity index is 1650. The molecule has 1 aromatic heterocycles. The lowest BCUT2D eigenvalue weighted by molar-refractivity contribution is -0.126. The second-order valence-corrected chi connectivity index (χ2v) is 11.7. The van der Waals surface area contributed by atoms with Gasteiger partial charge < -0.3 is 40.0 Å². The van der Waals surface area contributed by atoms with Crippen LogP contribution in [0.15, 0.2) is 53.3 Å². The minimum absolute atomic E-state index is 0.00254. The number of hydrogen-bond donors (Lipinski definition) is 3. The van der Waals surface area contributed by atoms with E-state index in [9.17, 15) is 24.8 Å². The molecule has 1 saturated heterocycles. The molecule has 3 aliphatic rings. The first-order chi connectivity index (χ1) is 21.2. The van der Waals surface area contributed by atoms with Gasteiger partial charge in [0.1, 0.15) is 0 Å². The van der Waals surface area contributed by atoms with Crippen molar-refractivity contribution < 1.29 is 24.3 Å². The van der Waals surface area contributed by atoms with Crippen molar-refractivity contribution in [3.8, 4) is 11.5 Å². The quantitative estimate of drug-likeness (QED) is 0.331. The second-order valence-electron chi connectivity index (χ2n) is 11.7. The SMILES string of the molecule is COc1cc(CCNC(=O)C2Cc3cc(NC(C)=O)ccc3N3CC4CC(c5cccc(=O)n5C4)C23)c(N([O-])O)cc1OC.